The van der Waals surface area contributed by atoms with Gasteiger partial charge in [-0.15, -0.1) is 0 Å². The number of esters is 1. The third kappa shape index (κ3) is 5.83. The van der Waals surface area contributed by atoms with E-state index in [2.05, 4.69) is 24.1 Å². The molecule has 0 fully saturated rings. The van der Waals surface area contributed by atoms with Crippen LogP contribution in [0.5, 0.6) is 0 Å². The zero-order valence-electron chi connectivity index (χ0n) is 12.7. The molecule has 0 bridgehead atoms. The van der Waals surface area contributed by atoms with Crippen LogP contribution < -0.4 is 5.32 Å². The second kappa shape index (κ2) is 9.34. The molecule has 108 valence electrons. The Labute approximate surface area is 112 Å². The molecule has 18 heavy (non-hydrogen) atoms. The highest BCUT2D eigenvalue weighted by molar-refractivity contribution is 5.80. The third-order valence-corrected chi connectivity index (χ3v) is 3.42. The lowest BCUT2D eigenvalue weighted by atomic mass is 9.96. The smallest absolute Gasteiger partial charge is 0.326 e. The van der Waals surface area contributed by atoms with Gasteiger partial charge in [0.1, 0.15) is 5.54 Å². The Morgan fingerprint density at radius 1 is 1.28 bits per heavy atom. The van der Waals surface area contributed by atoms with E-state index in [0.29, 0.717) is 6.61 Å². The van der Waals surface area contributed by atoms with E-state index < -0.39 is 5.54 Å². The summed E-state index contributed by atoms with van der Waals surface area (Å²) in [5.74, 6) is -0.147. The predicted molar refractivity (Wildman–Crippen MR) is 75.7 cm³/mol. The summed E-state index contributed by atoms with van der Waals surface area (Å²) in [5, 5.41) is 3.09. The van der Waals surface area contributed by atoms with E-state index in [1.165, 1.54) is 6.42 Å². The van der Waals surface area contributed by atoms with E-state index >= 15 is 0 Å². The van der Waals surface area contributed by atoms with Crippen LogP contribution in [0.25, 0.3) is 0 Å². The lowest BCUT2D eigenvalue weighted by Crippen LogP contribution is -2.49. The average Bonchev–Trinajstić information content (AvgIpc) is 2.37. The highest BCUT2D eigenvalue weighted by Gasteiger charge is 2.32. The fraction of sp³-hybridized carbons (Fsp3) is 0.929. The van der Waals surface area contributed by atoms with Crippen LogP contribution in [0.1, 0.15) is 47.0 Å². The summed E-state index contributed by atoms with van der Waals surface area (Å²) in [5.41, 5.74) is -0.554. The van der Waals surface area contributed by atoms with E-state index in [0.717, 1.165) is 32.5 Å². The first kappa shape index (κ1) is 17.4. The SMILES string of the molecule is CCCN(CC)CCCC(C)(NC)C(=O)OCC. The number of likely N-dealkylation sites (N-methyl/N-ethyl adjacent to an activating group) is 1. The monoisotopic (exact) mass is 258 g/mol. The quantitative estimate of drug-likeness (QED) is 0.609. The van der Waals surface area contributed by atoms with Crippen LogP contribution in [0, 0.1) is 0 Å². The summed E-state index contributed by atoms with van der Waals surface area (Å²) in [7, 11) is 1.82. The molecule has 0 rings (SSSR count). The van der Waals surface area contributed by atoms with Gasteiger partial charge < -0.3 is 15.0 Å². The summed E-state index contributed by atoms with van der Waals surface area (Å²) in [6.07, 6.45) is 2.99. The van der Waals surface area contributed by atoms with Crippen molar-refractivity contribution in [3.8, 4) is 0 Å². The largest absolute Gasteiger partial charge is 0.465 e. The van der Waals surface area contributed by atoms with Gasteiger partial charge in [-0.05, 0) is 59.8 Å². The van der Waals surface area contributed by atoms with Crippen molar-refractivity contribution in [2.24, 2.45) is 0 Å². The zero-order valence-corrected chi connectivity index (χ0v) is 12.7. The van der Waals surface area contributed by atoms with Crippen LogP contribution in [0.2, 0.25) is 0 Å². The van der Waals surface area contributed by atoms with Crippen molar-refractivity contribution in [2.45, 2.75) is 52.5 Å². The Bertz CT molecular complexity index is 234. The number of hydrogen-bond acceptors (Lipinski definition) is 4. The zero-order chi connectivity index (χ0) is 14.0. The summed E-state index contributed by atoms with van der Waals surface area (Å²) in [6.45, 7) is 11.8. The van der Waals surface area contributed by atoms with Crippen molar-refractivity contribution in [1.82, 2.24) is 10.2 Å². The second-order valence-corrected chi connectivity index (χ2v) is 4.84. The maximum Gasteiger partial charge on any atom is 0.326 e. The minimum Gasteiger partial charge on any atom is -0.465 e. The Kier molecular flexibility index (Phi) is 9.02. The van der Waals surface area contributed by atoms with Crippen molar-refractivity contribution < 1.29 is 9.53 Å². The fourth-order valence-corrected chi connectivity index (χ4v) is 2.02. The van der Waals surface area contributed by atoms with Gasteiger partial charge in [-0.3, -0.25) is 4.79 Å². The first-order valence-corrected chi connectivity index (χ1v) is 7.12. The predicted octanol–water partition coefficient (Wildman–Crippen LogP) is 2.04. The van der Waals surface area contributed by atoms with Gasteiger partial charge in [0.25, 0.3) is 0 Å². The highest BCUT2D eigenvalue weighted by atomic mass is 16.5. The Balaban J connectivity index is 4.17. The third-order valence-electron chi connectivity index (χ3n) is 3.42. The molecule has 4 heteroatoms. The molecule has 0 aromatic rings. The van der Waals surface area contributed by atoms with Gasteiger partial charge >= 0.3 is 5.97 Å². The van der Waals surface area contributed by atoms with Gasteiger partial charge in [-0.25, -0.2) is 0 Å². The maximum atomic E-state index is 11.9. The van der Waals surface area contributed by atoms with Crippen LogP contribution in [0.4, 0.5) is 0 Å². The molecule has 0 aliphatic carbocycles. The molecule has 1 unspecified atom stereocenters. The molecule has 0 saturated carbocycles. The molecule has 0 amide bonds. The number of carbonyl (C=O) groups is 1. The van der Waals surface area contributed by atoms with Gasteiger partial charge in [0.05, 0.1) is 6.61 Å². The molecule has 0 saturated heterocycles. The molecule has 4 nitrogen and oxygen atoms in total. The topological polar surface area (TPSA) is 41.6 Å². The van der Waals surface area contributed by atoms with Crippen molar-refractivity contribution in [3.05, 3.63) is 0 Å². The van der Waals surface area contributed by atoms with Gasteiger partial charge in [0.15, 0.2) is 0 Å². The number of rotatable bonds is 10. The maximum absolute atomic E-state index is 11.9. The highest BCUT2D eigenvalue weighted by Crippen LogP contribution is 2.14. The minimum absolute atomic E-state index is 0.147. The summed E-state index contributed by atoms with van der Waals surface area (Å²) >= 11 is 0. The number of hydrogen-bond donors (Lipinski definition) is 1. The van der Waals surface area contributed by atoms with Crippen LogP contribution >= 0.6 is 0 Å². The fourth-order valence-electron chi connectivity index (χ4n) is 2.02. The number of nitrogens with one attached hydrogen (secondary N) is 1. The first-order chi connectivity index (χ1) is 8.53. The molecule has 0 aliphatic heterocycles. The molecule has 0 heterocycles. The molecular weight excluding hydrogens is 228 g/mol. The number of nitrogens with zero attached hydrogens (tertiary/aromatic N) is 1. The Morgan fingerprint density at radius 2 is 1.94 bits per heavy atom. The van der Waals surface area contributed by atoms with Crippen molar-refractivity contribution >= 4 is 5.97 Å². The first-order valence-electron chi connectivity index (χ1n) is 7.12. The molecule has 0 aromatic heterocycles. The lowest BCUT2D eigenvalue weighted by molar-refractivity contribution is -0.150. The van der Waals surface area contributed by atoms with Gasteiger partial charge in [-0.2, -0.15) is 0 Å². The van der Waals surface area contributed by atoms with Crippen LogP contribution in [-0.4, -0.2) is 49.7 Å². The molecule has 0 spiro atoms. The lowest BCUT2D eigenvalue weighted by Gasteiger charge is -2.28. The molecule has 0 aliphatic rings. The normalized spacial score (nSPS) is 14.6. The summed E-state index contributed by atoms with van der Waals surface area (Å²) in [4.78, 5) is 14.3. The molecule has 1 atom stereocenters. The Hall–Kier alpha value is -0.610. The van der Waals surface area contributed by atoms with Crippen molar-refractivity contribution in [1.29, 1.82) is 0 Å². The van der Waals surface area contributed by atoms with Gasteiger partial charge in [0.2, 0.25) is 0 Å². The Morgan fingerprint density at radius 3 is 2.39 bits per heavy atom. The van der Waals surface area contributed by atoms with E-state index in [-0.39, 0.29) is 5.97 Å². The van der Waals surface area contributed by atoms with Gasteiger partial charge in [0, 0.05) is 0 Å². The number of ether oxygens (including phenoxy) is 1. The average molecular weight is 258 g/mol. The van der Waals surface area contributed by atoms with E-state index in [9.17, 15) is 4.79 Å². The number of carbonyl (C=O) groups excluding carboxylic acids is 1. The van der Waals surface area contributed by atoms with Gasteiger partial charge in [-0.1, -0.05) is 13.8 Å². The van der Waals surface area contributed by atoms with Crippen molar-refractivity contribution in [3.63, 3.8) is 0 Å². The van der Waals surface area contributed by atoms with Crippen molar-refractivity contribution in [2.75, 3.05) is 33.3 Å². The standard InChI is InChI=1S/C14H30N2O2/c1-6-11-16(7-2)12-9-10-14(4,15-5)13(17)18-8-3/h15H,6-12H2,1-5H3. The summed E-state index contributed by atoms with van der Waals surface area (Å²) < 4.78 is 5.11. The van der Waals surface area contributed by atoms with E-state index in [1.54, 1.807) is 0 Å². The second-order valence-electron chi connectivity index (χ2n) is 4.84. The summed E-state index contributed by atoms with van der Waals surface area (Å²) in [6, 6.07) is 0. The molecule has 0 aromatic carbocycles. The van der Waals surface area contributed by atoms with Crippen LogP contribution in [0.3, 0.4) is 0 Å². The molecular formula is C14H30N2O2. The molecule has 1 N–H and O–H groups in total. The minimum atomic E-state index is -0.554. The molecule has 0 radical (unpaired) electrons. The van der Waals surface area contributed by atoms with Crippen LogP contribution in [0.15, 0.2) is 0 Å². The van der Waals surface area contributed by atoms with E-state index in [1.807, 2.05) is 20.9 Å². The van der Waals surface area contributed by atoms with E-state index in [4.69, 9.17) is 4.74 Å². The van der Waals surface area contributed by atoms with Crippen LogP contribution in [-0.2, 0) is 9.53 Å².